The summed E-state index contributed by atoms with van der Waals surface area (Å²) in [5.74, 6) is -4.99. The van der Waals surface area contributed by atoms with Crippen molar-refractivity contribution in [3.8, 4) is 40.1 Å². The van der Waals surface area contributed by atoms with Crippen molar-refractivity contribution in [3.05, 3.63) is 220 Å². The van der Waals surface area contributed by atoms with Crippen molar-refractivity contribution in [1.29, 1.82) is 0 Å². The third-order valence-corrected chi connectivity index (χ3v) is 11.6. The van der Waals surface area contributed by atoms with Gasteiger partial charge in [-0.2, -0.15) is 0 Å². The van der Waals surface area contributed by atoms with Crippen LogP contribution in [0.1, 0.15) is 47.0 Å². The van der Waals surface area contributed by atoms with E-state index in [2.05, 4.69) is 0 Å². The van der Waals surface area contributed by atoms with E-state index in [0.717, 1.165) is 11.6 Å². The molecule has 5 atom stereocenters. The van der Waals surface area contributed by atoms with Gasteiger partial charge in [0.15, 0.2) is 29.5 Å². The first-order chi connectivity index (χ1) is 35.5. The minimum absolute atomic E-state index is 0.0690. The molecule has 9 rings (SSSR count). The average Bonchev–Trinajstić information content (AvgIpc) is 3.42. The van der Waals surface area contributed by atoms with Crippen LogP contribution in [0, 0.1) is 0 Å². The third kappa shape index (κ3) is 11.1. The van der Waals surface area contributed by atoms with Gasteiger partial charge in [0.25, 0.3) is 0 Å². The lowest BCUT2D eigenvalue weighted by molar-refractivity contribution is -0.275. The van der Waals surface area contributed by atoms with Crippen LogP contribution in [-0.4, -0.2) is 78.5 Å². The van der Waals surface area contributed by atoms with E-state index < -0.39 is 72.4 Å². The predicted molar refractivity (Wildman–Crippen MR) is 262 cm³/mol. The molecule has 7 aromatic carbocycles. The third-order valence-electron chi connectivity index (χ3n) is 11.6. The number of benzene rings is 7. The summed E-state index contributed by atoms with van der Waals surface area (Å²) in [5.41, 5.74) is 0.456. The van der Waals surface area contributed by atoms with Gasteiger partial charge >= 0.3 is 23.9 Å². The van der Waals surface area contributed by atoms with Crippen LogP contribution in [-0.2, 0) is 30.3 Å². The Hall–Kier alpha value is -9.41. The number of methoxy groups -OCH3 is 1. The van der Waals surface area contributed by atoms with Crippen LogP contribution >= 0.6 is 0 Å². The Kier molecular flexibility index (Phi) is 14.7. The standard InChI is InChI=1S/C57H44O16/c1-65-50-47(60)46-42(59)30-40(31-44(46)69-48(50)39-27-28-43(41(58)29-39)66-32-34-17-7-2-8-18-34)68-57-52(73-56(64)38-25-15-6-16-26-38)51(72-55(63)37-23-13-5-14-24-37)49(71-54(62)36-21-11-4-12-22-36)45(70-57)33-67-53(61)35-19-9-3-10-20-35/h2-31,45,49,51-52,57-59H,32-33H2,1H3/t45-,49-,51+,52-,57-/m1/s1. The molecule has 1 aromatic heterocycles. The monoisotopic (exact) mass is 984 g/mol. The SMILES string of the molecule is COc1c(-c2ccc(OCc3ccccc3)c(O)c2)oc2cc(O[C@@H]3O[C@H](COC(=O)c4ccccc4)[C@@H](OC(=O)c4ccccc4)[C@H](OC(=O)c4ccccc4)[C@H]3OC(=O)c3ccccc3)cc(O)c2c1=O. The smallest absolute Gasteiger partial charge is 0.338 e. The van der Waals surface area contributed by atoms with Gasteiger partial charge in [0.2, 0.25) is 23.6 Å². The average molecular weight is 985 g/mol. The van der Waals surface area contributed by atoms with Gasteiger partial charge in [0.05, 0.1) is 29.4 Å². The highest BCUT2D eigenvalue weighted by Gasteiger charge is 2.54. The van der Waals surface area contributed by atoms with Crippen molar-refractivity contribution in [2.24, 2.45) is 0 Å². The number of hydrogen-bond donors (Lipinski definition) is 2. The number of ether oxygens (including phenoxy) is 8. The molecule has 0 amide bonds. The zero-order chi connectivity index (χ0) is 50.8. The zero-order valence-corrected chi connectivity index (χ0v) is 38.7. The van der Waals surface area contributed by atoms with Gasteiger partial charge in [0, 0.05) is 17.7 Å². The number of phenolic OH excluding ortho intramolecular Hbond substituents is 2. The van der Waals surface area contributed by atoms with Crippen molar-refractivity contribution in [2.45, 2.75) is 37.3 Å². The fraction of sp³-hybridized carbons (Fsp3) is 0.140. The molecule has 2 N–H and O–H groups in total. The number of rotatable bonds is 16. The lowest BCUT2D eigenvalue weighted by Crippen LogP contribution is -2.63. The topological polar surface area (TPSA) is 213 Å². The highest BCUT2D eigenvalue weighted by molar-refractivity contribution is 5.92. The number of carbonyl (C=O) groups is 4. The first-order valence-electron chi connectivity index (χ1n) is 22.7. The fourth-order valence-corrected chi connectivity index (χ4v) is 7.97. The van der Waals surface area contributed by atoms with Gasteiger partial charge in [-0.15, -0.1) is 0 Å². The molecule has 0 aliphatic carbocycles. The van der Waals surface area contributed by atoms with Gasteiger partial charge < -0.3 is 52.5 Å². The van der Waals surface area contributed by atoms with Crippen LogP contribution in [0.15, 0.2) is 191 Å². The van der Waals surface area contributed by atoms with Crippen molar-refractivity contribution < 1.29 is 71.7 Å². The summed E-state index contributed by atoms with van der Waals surface area (Å²) in [6.45, 7) is -0.473. The maximum absolute atomic E-state index is 14.1. The highest BCUT2D eigenvalue weighted by atomic mass is 16.7. The van der Waals surface area contributed by atoms with E-state index in [-0.39, 0.29) is 74.2 Å². The molecule has 8 aromatic rings. The maximum Gasteiger partial charge on any atom is 0.338 e. The van der Waals surface area contributed by atoms with E-state index in [1.165, 1.54) is 79.9 Å². The minimum Gasteiger partial charge on any atom is -0.507 e. The number of hydrogen-bond acceptors (Lipinski definition) is 16. The van der Waals surface area contributed by atoms with E-state index in [9.17, 15) is 34.2 Å². The second-order valence-electron chi connectivity index (χ2n) is 16.4. The summed E-state index contributed by atoms with van der Waals surface area (Å²) < 4.78 is 54.6. The molecule has 73 heavy (non-hydrogen) atoms. The van der Waals surface area contributed by atoms with Gasteiger partial charge in [0.1, 0.15) is 41.8 Å². The molecule has 368 valence electrons. The van der Waals surface area contributed by atoms with Crippen LogP contribution in [0.4, 0.5) is 0 Å². The van der Waals surface area contributed by atoms with Crippen LogP contribution in [0.3, 0.4) is 0 Å². The molecular formula is C57H44O16. The van der Waals surface area contributed by atoms with E-state index in [0.29, 0.717) is 0 Å². The van der Waals surface area contributed by atoms with Gasteiger partial charge in [-0.05, 0) is 72.3 Å². The summed E-state index contributed by atoms with van der Waals surface area (Å²) in [7, 11) is 1.24. The number of aromatic hydroxyl groups is 2. The molecule has 1 saturated heterocycles. The molecular weight excluding hydrogens is 941 g/mol. The number of fused-ring (bicyclic) bond motifs is 1. The van der Waals surface area contributed by atoms with Gasteiger partial charge in [-0.1, -0.05) is 103 Å². The fourth-order valence-electron chi connectivity index (χ4n) is 7.97. The van der Waals surface area contributed by atoms with Crippen molar-refractivity contribution in [3.63, 3.8) is 0 Å². The van der Waals surface area contributed by atoms with E-state index in [1.807, 2.05) is 30.3 Å². The van der Waals surface area contributed by atoms with E-state index in [4.69, 9.17) is 42.3 Å². The zero-order valence-electron chi connectivity index (χ0n) is 38.7. The first kappa shape index (κ1) is 48.6. The molecule has 1 fully saturated rings. The molecule has 0 saturated carbocycles. The molecule has 1 aliphatic rings. The van der Waals surface area contributed by atoms with Crippen molar-refractivity contribution in [1.82, 2.24) is 0 Å². The Morgan fingerprint density at radius 1 is 0.562 bits per heavy atom. The molecule has 2 heterocycles. The second-order valence-corrected chi connectivity index (χ2v) is 16.4. The lowest BCUT2D eigenvalue weighted by atomic mass is 9.97. The number of esters is 4. The Balaban J connectivity index is 1.12. The van der Waals surface area contributed by atoms with Gasteiger partial charge in [-0.25, -0.2) is 19.2 Å². The summed E-state index contributed by atoms with van der Waals surface area (Å²) in [6, 6.07) is 47.6. The van der Waals surface area contributed by atoms with Crippen LogP contribution in [0.2, 0.25) is 0 Å². The van der Waals surface area contributed by atoms with Crippen LogP contribution < -0.4 is 19.6 Å². The van der Waals surface area contributed by atoms with Crippen molar-refractivity contribution in [2.75, 3.05) is 13.7 Å². The Morgan fingerprint density at radius 2 is 1.07 bits per heavy atom. The first-order valence-corrected chi connectivity index (χ1v) is 22.7. The molecule has 16 nitrogen and oxygen atoms in total. The Labute approximate surface area is 416 Å². The highest BCUT2D eigenvalue weighted by Crippen LogP contribution is 2.40. The summed E-state index contributed by atoms with van der Waals surface area (Å²) >= 11 is 0. The molecule has 0 bridgehead atoms. The summed E-state index contributed by atoms with van der Waals surface area (Å²) in [6.07, 6.45) is -8.56. The van der Waals surface area contributed by atoms with E-state index in [1.54, 1.807) is 72.8 Å². The molecule has 1 aliphatic heterocycles. The lowest BCUT2D eigenvalue weighted by Gasteiger charge is -2.44. The summed E-state index contributed by atoms with van der Waals surface area (Å²) in [5, 5.41) is 22.3. The molecule has 0 radical (unpaired) electrons. The quantitative estimate of drug-likeness (QED) is 0.0682. The van der Waals surface area contributed by atoms with Crippen molar-refractivity contribution >= 4 is 34.8 Å². The molecule has 0 spiro atoms. The molecule has 0 unspecified atom stereocenters. The molecule has 16 heteroatoms. The number of phenols is 2. The second kappa shape index (κ2) is 22.1. The summed E-state index contributed by atoms with van der Waals surface area (Å²) in [4.78, 5) is 69.7. The largest absolute Gasteiger partial charge is 0.507 e. The normalized spacial score (nSPS) is 17.1. The van der Waals surface area contributed by atoms with Crippen LogP contribution in [0.5, 0.6) is 28.7 Å². The Morgan fingerprint density at radius 3 is 1.60 bits per heavy atom. The minimum atomic E-state index is -1.82. The predicted octanol–water partition coefficient (Wildman–Crippen LogP) is 9.10. The van der Waals surface area contributed by atoms with Gasteiger partial charge in [-0.3, -0.25) is 4.79 Å². The number of carbonyl (C=O) groups excluding carboxylic acids is 4. The van der Waals surface area contributed by atoms with E-state index >= 15 is 0 Å². The van der Waals surface area contributed by atoms with Crippen LogP contribution in [0.25, 0.3) is 22.3 Å². The maximum atomic E-state index is 14.1. The Bertz CT molecular complexity index is 3290.